The van der Waals surface area contributed by atoms with Crippen LogP contribution in [0.25, 0.3) is 21.6 Å². The zero-order valence-corrected chi connectivity index (χ0v) is 21.7. The Hall–Kier alpha value is -3.65. The van der Waals surface area contributed by atoms with Gasteiger partial charge in [-0.3, -0.25) is 9.79 Å². The van der Waals surface area contributed by atoms with Crippen LogP contribution in [0.1, 0.15) is 42.7 Å². The van der Waals surface area contributed by atoms with Gasteiger partial charge in [0.15, 0.2) is 0 Å². The van der Waals surface area contributed by atoms with Crippen molar-refractivity contribution in [2.45, 2.75) is 44.8 Å². The van der Waals surface area contributed by atoms with Gasteiger partial charge < -0.3 is 21.9 Å². The summed E-state index contributed by atoms with van der Waals surface area (Å²) in [5.41, 5.74) is 14.3. The number of carbonyl (C=O) groups excluding carboxylic acids is 1. The van der Waals surface area contributed by atoms with Gasteiger partial charge >= 0.3 is 0 Å². The number of nitrogens with one attached hydrogen (secondary N) is 1. The second-order valence-corrected chi connectivity index (χ2v) is 10.6. The minimum Gasteiger partial charge on any atom is -0.389 e. The first-order valence-electron chi connectivity index (χ1n) is 11.8. The molecule has 0 bridgehead atoms. The fraction of sp³-hybridized carbons (Fsp3) is 0.333. The van der Waals surface area contributed by atoms with E-state index in [0.717, 1.165) is 33.7 Å². The Balaban J connectivity index is 1.99. The molecule has 1 unspecified atom stereocenters. The van der Waals surface area contributed by atoms with E-state index in [1.54, 1.807) is 32.3 Å². The smallest absolute Gasteiger partial charge is 0.207 e. The molecule has 2 heterocycles. The van der Waals surface area contributed by atoms with E-state index in [1.807, 2.05) is 18.2 Å². The van der Waals surface area contributed by atoms with Crippen LogP contribution in [0.5, 0.6) is 0 Å². The number of hydrogen-bond donors (Lipinski definition) is 4. The van der Waals surface area contributed by atoms with Crippen LogP contribution in [0.2, 0.25) is 0 Å². The number of thiophene rings is 1. The highest BCUT2D eigenvalue weighted by Crippen LogP contribution is 2.40. The van der Waals surface area contributed by atoms with E-state index in [9.17, 15) is 14.3 Å². The summed E-state index contributed by atoms with van der Waals surface area (Å²) in [4.78, 5) is 20.9. The fourth-order valence-corrected chi connectivity index (χ4v) is 4.97. The van der Waals surface area contributed by atoms with E-state index in [-0.39, 0.29) is 18.2 Å². The Morgan fingerprint density at radius 2 is 2.11 bits per heavy atom. The molecule has 0 saturated carbocycles. The van der Waals surface area contributed by atoms with Crippen molar-refractivity contribution in [2.75, 3.05) is 18.8 Å². The summed E-state index contributed by atoms with van der Waals surface area (Å²) < 4.78 is 14.5. The predicted octanol–water partition coefficient (Wildman–Crippen LogP) is 3.66. The first kappa shape index (κ1) is 27.9. The Morgan fingerprint density at radius 3 is 2.78 bits per heavy atom. The molecule has 1 atom stereocenters. The van der Waals surface area contributed by atoms with Gasteiger partial charge in [-0.05, 0) is 62.9 Å². The van der Waals surface area contributed by atoms with Crippen molar-refractivity contribution in [3.05, 3.63) is 58.3 Å². The lowest BCUT2D eigenvalue weighted by molar-refractivity contribution is -0.109. The van der Waals surface area contributed by atoms with Gasteiger partial charge in [-0.2, -0.15) is 5.26 Å². The zero-order valence-electron chi connectivity index (χ0n) is 20.9. The number of hydrogen-bond acceptors (Lipinski definition) is 8. The number of nitrogens with zero attached hydrogens (tertiary/aromatic N) is 3. The molecule has 0 aliphatic heterocycles. The average molecular weight is 523 g/mol. The first-order chi connectivity index (χ1) is 17.6. The summed E-state index contributed by atoms with van der Waals surface area (Å²) in [5.74, 6) is -0.287. The van der Waals surface area contributed by atoms with Crippen LogP contribution in [0, 0.1) is 17.1 Å². The summed E-state index contributed by atoms with van der Waals surface area (Å²) >= 11 is 1.53. The van der Waals surface area contributed by atoms with Crippen molar-refractivity contribution in [3.63, 3.8) is 0 Å². The minimum absolute atomic E-state index is 0.0221. The number of nitriles is 1. The van der Waals surface area contributed by atoms with E-state index < -0.39 is 11.4 Å². The quantitative estimate of drug-likeness (QED) is 0.162. The number of aromatic nitrogens is 1. The number of aliphatic hydroxyl groups is 1. The van der Waals surface area contributed by atoms with Gasteiger partial charge in [-0.1, -0.05) is 6.07 Å². The number of halogens is 1. The van der Waals surface area contributed by atoms with E-state index in [4.69, 9.17) is 16.7 Å². The van der Waals surface area contributed by atoms with Crippen molar-refractivity contribution in [1.82, 2.24) is 10.3 Å². The maximum atomic E-state index is 14.5. The Labute approximate surface area is 219 Å². The molecule has 0 spiro atoms. The summed E-state index contributed by atoms with van der Waals surface area (Å²) in [7, 11) is 0. The van der Waals surface area contributed by atoms with Gasteiger partial charge in [-0.25, -0.2) is 9.37 Å². The number of carbonyl (C=O) groups is 1. The van der Waals surface area contributed by atoms with Crippen LogP contribution in [0.3, 0.4) is 0 Å². The van der Waals surface area contributed by atoms with Crippen LogP contribution in [0.4, 0.5) is 10.2 Å². The summed E-state index contributed by atoms with van der Waals surface area (Å²) in [6, 6.07) is 10.1. The molecule has 0 saturated heterocycles. The molecule has 0 aliphatic carbocycles. The zero-order chi connectivity index (χ0) is 27.0. The number of anilines is 1. The van der Waals surface area contributed by atoms with E-state index in [1.165, 1.54) is 23.5 Å². The second kappa shape index (κ2) is 12.5. The topological polar surface area (TPSA) is 150 Å². The van der Waals surface area contributed by atoms with Gasteiger partial charge in [-0.15, -0.1) is 11.3 Å². The molecule has 10 heteroatoms. The molecule has 8 nitrogen and oxygen atoms in total. The number of rotatable bonds is 12. The van der Waals surface area contributed by atoms with E-state index in [0.29, 0.717) is 36.3 Å². The van der Waals surface area contributed by atoms with E-state index >= 15 is 0 Å². The molecule has 1 aromatic carbocycles. The van der Waals surface area contributed by atoms with Crippen LogP contribution in [0.15, 0.2) is 41.5 Å². The van der Waals surface area contributed by atoms with Crippen molar-refractivity contribution in [1.29, 1.82) is 5.26 Å². The molecule has 2 aromatic heterocycles. The summed E-state index contributed by atoms with van der Waals surface area (Å²) in [5, 5.41) is 21.7. The number of nitrogen functional groups attached to an aromatic ring is 1. The first-order valence-corrected chi connectivity index (χ1v) is 12.7. The SMILES string of the molecule is CC(C)(O)CN=Cc1cc(-c2sc(CC(N)CCCNC=O)cc2-c2ccc(C#N)c(F)c2)cnc1N. The van der Waals surface area contributed by atoms with Crippen molar-refractivity contribution in [2.24, 2.45) is 10.7 Å². The third-order valence-electron chi connectivity index (χ3n) is 5.55. The highest BCUT2D eigenvalue weighted by molar-refractivity contribution is 7.16. The largest absolute Gasteiger partial charge is 0.389 e. The molecule has 3 rings (SSSR count). The normalized spacial score (nSPS) is 12.4. The molecule has 1 amide bonds. The molecular weight excluding hydrogens is 491 g/mol. The summed E-state index contributed by atoms with van der Waals surface area (Å²) in [6.07, 6.45) is 6.03. The second-order valence-electron chi connectivity index (χ2n) is 9.42. The van der Waals surface area contributed by atoms with Crippen molar-refractivity contribution < 1.29 is 14.3 Å². The Bertz CT molecular complexity index is 1310. The molecule has 194 valence electrons. The molecule has 0 fully saturated rings. The Kier molecular flexibility index (Phi) is 9.47. The lowest BCUT2D eigenvalue weighted by Gasteiger charge is -2.13. The third kappa shape index (κ3) is 7.92. The monoisotopic (exact) mass is 522 g/mol. The van der Waals surface area contributed by atoms with E-state index in [2.05, 4.69) is 15.3 Å². The number of nitrogens with two attached hydrogens (primary N) is 2. The number of benzene rings is 1. The standard InChI is InChI=1S/C27H31FN6O2S/c1-27(2,36)15-33-13-20-8-19(14-34-26(20)31)25-23(17-5-6-18(12-29)24(28)9-17)11-22(37-25)10-21(30)4-3-7-32-16-35/h5-6,8-9,11,13-14,16,21,36H,3-4,7,10,15,30H2,1-2H3,(H2,31,34)(H,32,35). The number of aliphatic imine (C=N–C) groups is 1. The molecule has 0 aliphatic rings. The molecule has 6 N–H and O–H groups in total. The van der Waals surface area contributed by atoms with Gasteiger partial charge in [0, 0.05) is 51.4 Å². The maximum absolute atomic E-state index is 14.5. The van der Waals surface area contributed by atoms with Crippen LogP contribution in [-0.2, 0) is 11.2 Å². The van der Waals surface area contributed by atoms with Crippen LogP contribution < -0.4 is 16.8 Å². The third-order valence-corrected chi connectivity index (χ3v) is 6.75. The van der Waals surface area contributed by atoms with Gasteiger partial charge in [0.2, 0.25) is 6.41 Å². The fourth-order valence-electron chi connectivity index (χ4n) is 3.72. The average Bonchev–Trinajstić information content (AvgIpc) is 3.26. The highest BCUT2D eigenvalue weighted by Gasteiger charge is 2.18. The van der Waals surface area contributed by atoms with Crippen LogP contribution in [-0.4, -0.2) is 47.4 Å². The molecular formula is C27H31FN6O2S. The van der Waals surface area contributed by atoms with Crippen LogP contribution >= 0.6 is 11.3 Å². The predicted molar refractivity (Wildman–Crippen MR) is 146 cm³/mol. The number of pyridine rings is 1. The molecule has 3 aromatic rings. The van der Waals surface area contributed by atoms with Crippen molar-refractivity contribution >= 4 is 29.8 Å². The number of amides is 1. The van der Waals surface area contributed by atoms with Crippen molar-refractivity contribution in [3.8, 4) is 27.6 Å². The lowest BCUT2D eigenvalue weighted by atomic mass is 10.00. The summed E-state index contributed by atoms with van der Waals surface area (Å²) in [6.45, 7) is 4.11. The molecule has 0 radical (unpaired) electrons. The van der Waals surface area contributed by atoms with Gasteiger partial charge in [0.25, 0.3) is 0 Å². The van der Waals surface area contributed by atoms with Gasteiger partial charge in [0.05, 0.1) is 17.7 Å². The minimum atomic E-state index is -0.951. The lowest BCUT2D eigenvalue weighted by Crippen LogP contribution is -2.24. The highest BCUT2D eigenvalue weighted by atomic mass is 32.1. The Morgan fingerprint density at radius 1 is 1.32 bits per heavy atom. The maximum Gasteiger partial charge on any atom is 0.207 e. The molecule has 37 heavy (non-hydrogen) atoms. The van der Waals surface area contributed by atoms with Gasteiger partial charge in [0.1, 0.15) is 17.7 Å².